The smallest absolute Gasteiger partial charge is 0.237 e. The van der Waals surface area contributed by atoms with Crippen LogP contribution in [0.4, 0.5) is 0 Å². The van der Waals surface area contributed by atoms with Gasteiger partial charge >= 0.3 is 0 Å². The van der Waals surface area contributed by atoms with Crippen LogP contribution in [0.2, 0.25) is 0 Å². The van der Waals surface area contributed by atoms with E-state index in [0.717, 1.165) is 31.6 Å². The molecule has 1 amide bonds. The number of primary amides is 1. The van der Waals surface area contributed by atoms with Gasteiger partial charge in [-0.15, -0.1) is 0 Å². The lowest BCUT2D eigenvalue weighted by Gasteiger charge is -2.42. The maximum atomic E-state index is 11.8. The second-order valence-corrected chi connectivity index (χ2v) is 6.78. The molecule has 0 saturated carbocycles. The number of carbonyl (C=O) groups excluding carboxylic acids is 1. The number of likely N-dealkylation sites (tertiary alicyclic amines) is 1. The first kappa shape index (κ1) is 15.0. The van der Waals surface area contributed by atoms with Crippen molar-refractivity contribution in [3.63, 3.8) is 0 Å². The summed E-state index contributed by atoms with van der Waals surface area (Å²) in [5, 5.41) is 4.31. The minimum atomic E-state index is -0.576. The summed E-state index contributed by atoms with van der Waals surface area (Å²) in [6.45, 7) is 9.69. The molecule has 0 unspecified atom stereocenters. The molecule has 2 N–H and O–H groups in total. The predicted octanol–water partition coefficient (Wildman–Crippen LogP) is 1.26. The minimum Gasteiger partial charge on any atom is -0.368 e. The highest BCUT2D eigenvalue weighted by molar-refractivity contribution is 5.84. The molecule has 20 heavy (non-hydrogen) atoms. The lowest BCUT2D eigenvalue weighted by Crippen LogP contribution is -2.57. The summed E-state index contributed by atoms with van der Waals surface area (Å²) in [6, 6.07) is 0. The number of rotatable bonds is 3. The Morgan fingerprint density at radius 2 is 2.15 bits per heavy atom. The van der Waals surface area contributed by atoms with Gasteiger partial charge in [-0.25, -0.2) is 9.67 Å². The van der Waals surface area contributed by atoms with Crippen LogP contribution in [0.3, 0.4) is 0 Å². The second-order valence-electron chi connectivity index (χ2n) is 6.78. The van der Waals surface area contributed by atoms with Gasteiger partial charge in [0.05, 0.1) is 17.6 Å². The Hall–Kier alpha value is -1.43. The van der Waals surface area contributed by atoms with Crippen LogP contribution < -0.4 is 5.73 Å². The van der Waals surface area contributed by atoms with Gasteiger partial charge in [0.2, 0.25) is 5.91 Å². The summed E-state index contributed by atoms with van der Waals surface area (Å²) < 4.78 is 1.92. The molecule has 6 nitrogen and oxygen atoms in total. The highest BCUT2D eigenvalue weighted by Crippen LogP contribution is 2.29. The SMILES string of the molecule is CC(C)(C)n1ncnc1CN1CCCC[C@]1(C)C(N)=O. The quantitative estimate of drug-likeness (QED) is 0.903. The molecule has 0 radical (unpaired) electrons. The van der Waals surface area contributed by atoms with Crippen molar-refractivity contribution in [1.29, 1.82) is 0 Å². The maximum Gasteiger partial charge on any atom is 0.237 e. The number of hydrogen-bond acceptors (Lipinski definition) is 4. The average molecular weight is 279 g/mol. The molecule has 1 aliphatic rings. The molecule has 2 heterocycles. The third-order valence-electron chi connectivity index (χ3n) is 4.16. The van der Waals surface area contributed by atoms with Gasteiger partial charge in [0.1, 0.15) is 12.2 Å². The van der Waals surface area contributed by atoms with Crippen LogP contribution in [0.15, 0.2) is 6.33 Å². The van der Waals surface area contributed by atoms with E-state index in [1.54, 1.807) is 6.33 Å². The average Bonchev–Trinajstić information content (AvgIpc) is 2.80. The van der Waals surface area contributed by atoms with Crippen LogP contribution in [0, 0.1) is 0 Å². The van der Waals surface area contributed by atoms with E-state index in [1.807, 2.05) is 11.6 Å². The van der Waals surface area contributed by atoms with Crippen molar-refractivity contribution >= 4 is 5.91 Å². The summed E-state index contributed by atoms with van der Waals surface area (Å²) in [7, 11) is 0. The molecular weight excluding hydrogens is 254 g/mol. The van der Waals surface area contributed by atoms with Crippen molar-refractivity contribution in [3.05, 3.63) is 12.2 Å². The molecule has 112 valence electrons. The molecule has 2 rings (SSSR count). The fourth-order valence-electron chi connectivity index (χ4n) is 2.81. The van der Waals surface area contributed by atoms with E-state index >= 15 is 0 Å². The van der Waals surface area contributed by atoms with Gasteiger partial charge in [0.15, 0.2) is 0 Å². The zero-order valence-electron chi connectivity index (χ0n) is 12.9. The summed E-state index contributed by atoms with van der Waals surface area (Å²) in [4.78, 5) is 18.3. The number of amides is 1. The number of hydrogen-bond donors (Lipinski definition) is 1. The van der Waals surface area contributed by atoms with Crippen LogP contribution in [-0.2, 0) is 16.9 Å². The van der Waals surface area contributed by atoms with E-state index in [9.17, 15) is 4.79 Å². The first-order valence-corrected chi connectivity index (χ1v) is 7.19. The molecular formula is C14H25N5O. The second kappa shape index (κ2) is 5.16. The molecule has 0 aliphatic carbocycles. The molecule has 1 aromatic heterocycles. The van der Waals surface area contributed by atoms with Gasteiger partial charge in [0.25, 0.3) is 0 Å². The number of nitrogens with zero attached hydrogens (tertiary/aromatic N) is 4. The Labute approximate surface area is 120 Å². The van der Waals surface area contributed by atoms with E-state index in [4.69, 9.17) is 5.73 Å². The normalized spacial score (nSPS) is 24.8. The highest BCUT2D eigenvalue weighted by Gasteiger charge is 2.40. The molecule has 1 fully saturated rings. The van der Waals surface area contributed by atoms with Crippen LogP contribution in [-0.4, -0.2) is 37.7 Å². The van der Waals surface area contributed by atoms with Crippen molar-refractivity contribution in [1.82, 2.24) is 19.7 Å². The van der Waals surface area contributed by atoms with Gasteiger partial charge in [0, 0.05) is 0 Å². The van der Waals surface area contributed by atoms with Crippen LogP contribution in [0.1, 0.15) is 52.8 Å². The first-order chi connectivity index (χ1) is 9.25. The molecule has 0 bridgehead atoms. The monoisotopic (exact) mass is 279 g/mol. The van der Waals surface area contributed by atoms with Crippen molar-refractivity contribution < 1.29 is 4.79 Å². The first-order valence-electron chi connectivity index (χ1n) is 7.19. The van der Waals surface area contributed by atoms with E-state index in [-0.39, 0.29) is 11.4 Å². The number of aromatic nitrogens is 3. The molecule has 1 aliphatic heterocycles. The predicted molar refractivity (Wildman–Crippen MR) is 76.9 cm³/mol. The van der Waals surface area contributed by atoms with Gasteiger partial charge in [-0.2, -0.15) is 5.10 Å². The molecule has 1 atom stereocenters. The van der Waals surface area contributed by atoms with Crippen molar-refractivity contribution in [2.24, 2.45) is 5.73 Å². The van der Waals surface area contributed by atoms with Gasteiger partial charge in [-0.3, -0.25) is 9.69 Å². The molecule has 1 aromatic rings. The maximum absolute atomic E-state index is 11.8. The van der Waals surface area contributed by atoms with Crippen molar-refractivity contribution in [2.45, 2.75) is 64.6 Å². The fraction of sp³-hybridized carbons (Fsp3) is 0.786. The summed E-state index contributed by atoms with van der Waals surface area (Å²) in [6.07, 6.45) is 4.52. The number of nitrogens with two attached hydrogens (primary N) is 1. The van der Waals surface area contributed by atoms with Crippen molar-refractivity contribution in [2.75, 3.05) is 6.54 Å². The number of carbonyl (C=O) groups is 1. The molecule has 1 saturated heterocycles. The van der Waals surface area contributed by atoms with E-state index in [0.29, 0.717) is 6.54 Å². The Bertz CT molecular complexity index is 490. The lowest BCUT2D eigenvalue weighted by atomic mass is 9.87. The Morgan fingerprint density at radius 1 is 1.45 bits per heavy atom. The topological polar surface area (TPSA) is 77.0 Å². The largest absolute Gasteiger partial charge is 0.368 e. The van der Waals surface area contributed by atoms with Crippen LogP contribution >= 0.6 is 0 Å². The van der Waals surface area contributed by atoms with Crippen molar-refractivity contribution in [3.8, 4) is 0 Å². The van der Waals surface area contributed by atoms with Gasteiger partial charge in [-0.05, 0) is 53.5 Å². The standard InChI is InChI=1S/C14H25N5O/c1-13(2,3)19-11(16-10-17-19)9-18-8-6-5-7-14(18,4)12(15)20/h10H,5-9H2,1-4H3,(H2,15,20)/t14-/m1/s1. The van der Waals surface area contributed by atoms with E-state index < -0.39 is 5.54 Å². The zero-order valence-corrected chi connectivity index (χ0v) is 12.9. The third kappa shape index (κ3) is 2.70. The lowest BCUT2D eigenvalue weighted by molar-refractivity contribution is -0.132. The molecule has 6 heteroatoms. The fourth-order valence-corrected chi connectivity index (χ4v) is 2.81. The summed E-state index contributed by atoms with van der Waals surface area (Å²) in [5.41, 5.74) is 4.92. The van der Waals surface area contributed by atoms with Gasteiger partial charge < -0.3 is 5.73 Å². The van der Waals surface area contributed by atoms with Crippen LogP contribution in [0.25, 0.3) is 0 Å². The number of piperidine rings is 1. The summed E-state index contributed by atoms with van der Waals surface area (Å²) in [5.74, 6) is 0.630. The van der Waals surface area contributed by atoms with Gasteiger partial charge in [-0.1, -0.05) is 0 Å². The third-order valence-corrected chi connectivity index (χ3v) is 4.16. The Balaban J connectivity index is 2.24. The zero-order chi connectivity index (χ0) is 15.0. The molecule has 0 aromatic carbocycles. The molecule has 0 spiro atoms. The van der Waals surface area contributed by atoms with E-state index in [2.05, 4.69) is 35.8 Å². The van der Waals surface area contributed by atoms with Crippen LogP contribution in [0.5, 0.6) is 0 Å². The Kier molecular flexibility index (Phi) is 3.86. The minimum absolute atomic E-state index is 0.120. The Morgan fingerprint density at radius 3 is 2.75 bits per heavy atom. The summed E-state index contributed by atoms with van der Waals surface area (Å²) >= 11 is 0. The highest BCUT2D eigenvalue weighted by atomic mass is 16.1. The van der Waals surface area contributed by atoms with E-state index in [1.165, 1.54) is 0 Å².